The number of tetrazole rings is 1. The van der Waals surface area contributed by atoms with Gasteiger partial charge in [-0.2, -0.15) is 4.68 Å². The summed E-state index contributed by atoms with van der Waals surface area (Å²) in [7, 11) is 1.27. The van der Waals surface area contributed by atoms with Gasteiger partial charge in [0.1, 0.15) is 0 Å². The van der Waals surface area contributed by atoms with Gasteiger partial charge in [0, 0.05) is 5.02 Å². The van der Waals surface area contributed by atoms with E-state index < -0.39 is 5.97 Å². The Morgan fingerprint density at radius 2 is 1.96 bits per heavy atom. The first-order chi connectivity index (χ1) is 13.5. The van der Waals surface area contributed by atoms with Gasteiger partial charge in [-0.25, -0.2) is 4.79 Å². The molecule has 3 rings (SSSR count). The van der Waals surface area contributed by atoms with Gasteiger partial charge < -0.3 is 10.1 Å². The molecule has 1 amide bonds. The largest absolute Gasteiger partial charge is 0.465 e. The summed E-state index contributed by atoms with van der Waals surface area (Å²) in [5.41, 5.74) is 2.41. The van der Waals surface area contributed by atoms with E-state index in [-0.39, 0.29) is 22.9 Å². The van der Waals surface area contributed by atoms with Crippen LogP contribution in [0.1, 0.15) is 15.9 Å². The number of thioether (sulfide) groups is 1. The van der Waals surface area contributed by atoms with Crippen LogP contribution in [0.4, 0.5) is 5.69 Å². The highest BCUT2D eigenvalue weighted by molar-refractivity contribution is 7.99. The van der Waals surface area contributed by atoms with Gasteiger partial charge in [0.25, 0.3) is 0 Å². The third-order valence-corrected chi connectivity index (χ3v) is 4.87. The number of aryl methyl sites for hydroxylation is 1. The Hall–Kier alpha value is -2.91. The van der Waals surface area contributed by atoms with Crippen LogP contribution >= 0.6 is 23.4 Å². The Bertz CT molecular complexity index is 1010. The average molecular weight is 418 g/mol. The molecule has 0 radical (unpaired) electrons. The van der Waals surface area contributed by atoms with Gasteiger partial charge >= 0.3 is 5.97 Å². The minimum absolute atomic E-state index is 0.0410. The highest BCUT2D eigenvalue weighted by atomic mass is 35.5. The molecule has 2 aromatic carbocycles. The molecule has 0 saturated carbocycles. The van der Waals surface area contributed by atoms with Crippen molar-refractivity contribution in [3.05, 3.63) is 58.6 Å². The summed E-state index contributed by atoms with van der Waals surface area (Å²) >= 11 is 7.14. The van der Waals surface area contributed by atoms with Crippen LogP contribution in [-0.2, 0) is 9.53 Å². The lowest BCUT2D eigenvalue weighted by molar-refractivity contribution is -0.113. The number of esters is 1. The Morgan fingerprint density at radius 3 is 2.68 bits per heavy atom. The van der Waals surface area contributed by atoms with Crippen molar-refractivity contribution in [3.63, 3.8) is 0 Å². The number of anilines is 1. The summed E-state index contributed by atoms with van der Waals surface area (Å²) in [6.45, 7) is 1.99. The molecule has 0 aliphatic rings. The second kappa shape index (κ2) is 8.85. The fourth-order valence-corrected chi connectivity index (χ4v) is 3.20. The number of hydrogen-bond acceptors (Lipinski definition) is 7. The molecular weight excluding hydrogens is 402 g/mol. The molecule has 1 heterocycles. The first-order valence-corrected chi connectivity index (χ1v) is 9.50. The van der Waals surface area contributed by atoms with Crippen molar-refractivity contribution in [1.29, 1.82) is 0 Å². The van der Waals surface area contributed by atoms with Crippen molar-refractivity contribution >= 4 is 40.9 Å². The Labute approximate surface area is 170 Å². The summed E-state index contributed by atoms with van der Waals surface area (Å²) in [4.78, 5) is 24.2. The molecule has 3 aromatic rings. The quantitative estimate of drug-likeness (QED) is 0.485. The van der Waals surface area contributed by atoms with E-state index in [0.29, 0.717) is 10.2 Å². The topological polar surface area (TPSA) is 99.0 Å². The summed E-state index contributed by atoms with van der Waals surface area (Å²) in [5.74, 6) is -0.863. The predicted molar refractivity (Wildman–Crippen MR) is 106 cm³/mol. The maximum absolute atomic E-state index is 12.4. The number of rotatable bonds is 6. The van der Waals surface area contributed by atoms with Gasteiger partial charge in [0.2, 0.25) is 11.1 Å². The van der Waals surface area contributed by atoms with Crippen molar-refractivity contribution in [2.75, 3.05) is 18.2 Å². The third kappa shape index (κ3) is 4.68. The lowest BCUT2D eigenvalue weighted by atomic mass is 10.2. The van der Waals surface area contributed by atoms with Gasteiger partial charge in [-0.3, -0.25) is 4.79 Å². The van der Waals surface area contributed by atoms with Crippen LogP contribution in [0, 0.1) is 6.92 Å². The SMILES string of the molecule is COC(=O)c1ccc(Cl)cc1NC(=O)CSc1nnnn1-c1ccc(C)cc1. The lowest BCUT2D eigenvalue weighted by Gasteiger charge is -2.10. The van der Waals surface area contributed by atoms with Crippen LogP contribution in [0.15, 0.2) is 47.6 Å². The van der Waals surface area contributed by atoms with E-state index in [9.17, 15) is 9.59 Å². The molecule has 0 unspecified atom stereocenters. The van der Waals surface area contributed by atoms with Gasteiger partial charge in [-0.1, -0.05) is 41.1 Å². The number of methoxy groups -OCH3 is 1. The minimum atomic E-state index is -0.567. The first kappa shape index (κ1) is 19.8. The maximum Gasteiger partial charge on any atom is 0.339 e. The van der Waals surface area contributed by atoms with Crippen LogP contribution < -0.4 is 5.32 Å². The number of amides is 1. The van der Waals surface area contributed by atoms with E-state index in [0.717, 1.165) is 11.3 Å². The molecule has 1 N–H and O–H groups in total. The molecule has 0 saturated heterocycles. The number of nitrogens with zero attached hydrogens (tertiary/aromatic N) is 4. The highest BCUT2D eigenvalue weighted by Gasteiger charge is 2.16. The van der Waals surface area contributed by atoms with Gasteiger partial charge in [-0.15, -0.1) is 5.10 Å². The van der Waals surface area contributed by atoms with Gasteiger partial charge in [-0.05, 0) is 47.7 Å². The van der Waals surface area contributed by atoms with Crippen molar-refractivity contribution < 1.29 is 14.3 Å². The molecular formula is C18H16ClN5O3S. The Morgan fingerprint density at radius 1 is 1.21 bits per heavy atom. The van der Waals surface area contributed by atoms with E-state index in [1.807, 2.05) is 31.2 Å². The van der Waals surface area contributed by atoms with Crippen molar-refractivity contribution in [3.8, 4) is 5.69 Å². The molecule has 144 valence electrons. The maximum atomic E-state index is 12.4. The Kier molecular flexibility index (Phi) is 6.27. The standard InChI is InChI=1S/C18H16ClN5O3S/c1-11-3-6-13(7-4-11)24-18(21-22-23-24)28-10-16(25)20-15-9-12(19)5-8-14(15)17(26)27-2/h3-9H,10H2,1-2H3,(H,20,25). The molecule has 0 atom stereocenters. The van der Waals surface area contributed by atoms with Gasteiger partial charge in [0.15, 0.2) is 0 Å². The monoisotopic (exact) mass is 417 g/mol. The van der Waals surface area contributed by atoms with E-state index in [2.05, 4.69) is 20.8 Å². The predicted octanol–water partition coefficient (Wildman–Crippen LogP) is 3.14. The summed E-state index contributed by atoms with van der Waals surface area (Å²) < 4.78 is 6.27. The van der Waals surface area contributed by atoms with Crippen LogP contribution in [0.5, 0.6) is 0 Å². The second-order valence-electron chi connectivity index (χ2n) is 5.73. The van der Waals surface area contributed by atoms with Gasteiger partial charge in [0.05, 0.1) is 29.8 Å². The number of aromatic nitrogens is 4. The number of halogens is 1. The van der Waals surface area contributed by atoms with E-state index in [4.69, 9.17) is 16.3 Å². The van der Waals surface area contributed by atoms with E-state index in [1.165, 1.54) is 31.0 Å². The molecule has 28 heavy (non-hydrogen) atoms. The van der Waals surface area contributed by atoms with Crippen molar-refractivity contribution in [2.45, 2.75) is 12.1 Å². The third-order valence-electron chi connectivity index (χ3n) is 3.71. The first-order valence-electron chi connectivity index (χ1n) is 8.14. The number of ether oxygens (including phenoxy) is 1. The smallest absolute Gasteiger partial charge is 0.339 e. The molecule has 0 aliphatic carbocycles. The number of carbonyl (C=O) groups excluding carboxylic acids is 2. The number of carbonyl (C=O) groups is 2. The molecule has 10 heteroatoms. The minimum Gasteiger partial charge on any atom is -0.465 e. The molecule has 0 fully saturated rings. The second-order valence-corrected chi connectivity index (χ2v) is 7.11. The molecule has 0 aliphatic heterocycles. The van der Waals surface area contributed by atoms with Crippen LogP contribution in [-0.4, -0.2) is 44.9 Å². The van der Waals surface area contributed by atoms with E-state index >= 15 is 0 Å². The highest BCUT2D eigenvalue weighted by Crippen LogP contribution is 2.23. The molecule has 1 aromatic heterocycles. The average Bonchev–Trinajstić information content (AvgIpc) is 3.15. The lowest BCUT2D eigenvalue weighted by Crippen LogP contribution is -2.17. The summed E-state index contributed by atoms with van der Waals surface area (Å²) in [6, 6.07) is 12.2. The number of hydrogen-bond donors (Lipinski definition) is 1. The van der Waals surface area contributed by atoms with E-state index in [1.54, 1.807) is 10.7 Å². The fraction of sp³-hybridized carbons (Fsp3) is 0.167. The Balaban J connectivity index is 1.69. The molecule has 8 nitrogen and oxygen atoms in total. The van der Waals surface area contributed by atoms with Crippen LogP contribution in [0.25, 0.3) is 5.69 Å². The van der Waals surface area contributed by atoms with Crippen LogP contribution in [0.2, 0.25) is 5.02 Å². The number of benzene rings is 2. The zero-order chi connectivity index (χ0) is 20.1. The summed E-state index contributed by atoms with van der Waals surface area (Å²) in [6.07, 6.45) is 0. The molecule has 0 bridgehead atoms. The van der Waals surface area contributed by atoms with Crippen molar-refractivity contribution in [2.24, 2.45) is 0 Å². The molecule has 0 spiro atoms. The number of nitrogens with one attached hydrogen (secondary N) is 1. The zero-order valence-corrected chi connectivity index (χ0v) is 16.6. The zero-order valence-electron chi connectivity index (χ0n) is 15.0. The summed E-state index contributed by atoms with van der Waals surface area (Å²) in [5, 5.41) is 15.1. The fourth-order valence-electron chi connectivity index (χ4n) is 2.34. The van der Waals surface area contributed by atoms with Crippen LogP contribution in [0.3, 0.4) is 0 Å². The van der Waals surface area contributed by atoms with Crippen molar-refractivity contribution in [1.82, 2.24) is 20.2 Å². The normalized spacial score (nSPS) is 10.5.